The number of carbonyl (C=O) groups is 1. The number of allylic oxidation sites excluding steroid dienone is 5. The Morgan fingerprint density at radius 2 is 1.85 bits per heavy atom. The molecule has 4 rings (SSSR count). The van der Waals surface area contributed by atoms with Crippen molar-refractivity contribution in [2.45, 2.75) is 44.3 Å². The number of nitrogens with one attached hydrogen (secondary N) is 1. The molecule has 1 saturated heterocycles. The van der Waals surface area contributed by atoms with Gasteiger partial charge in [0.1, 0.15) is 0 Å². The number of alkyl halides is 3. The van der Waals surface area contributed by atoms with Gasteiger partial charge in [0.2, 0.25) is 5.91 Å². The first kappa shape index (κ1) is 25.8. The second-order valence-electron chi connectivity index (χ2n) is 8.26. The molecule has 1 aliphatic heterocycles. The molecule has 0 radical (unpaired) electrons. The van der Waals surface area contributed by atoms with Crippen LogP contribution in [0.4, 0.5) is 13.2 Å². The van der Waals surface area contributed by atoms with Crippen LogP contribution >= 0.6 is 11.6 Å². The Hall–Kier alpha value is -2.83. The van der Waals surface area contributed by atoms with E-state index >= 15 is 0 Å². The van der Waals surface area contributed by atoms with Crippen molar-refractivity contribution in [2.24, 2.45) is 5.73 Å². The SMILES string of the molecule is C1=CC(CC2CCCCN2)=CC(c2ccccc2)=CC1.NC(=O)c1cccc(C(F)(F)F)c1Cl. The van der Waals surface area contributed by atoms with Crippen LogP contribution in [0.2, 0.25) is 5.02 Å². The van der Waals surface area contributed by atoms with Crippen LogP contribution in [-0.4, -0.2) is 18.5 Å². The highest BCUT2D eigenvalue weighted by molar-refractivity contribution is 6.34. The van der Waals surface area contributed by atoms with Crippen LogP contribution in [-0.2, 0) is 6.18 Å². The van der Waals surface area contributed by atoms with E-state index < -0.39 is 22.7 Å². The summed E-state index contributed by atoms with van der Waals surface area (Å²) in [7, 11) is 0. The van der Waals surface area contributed by atoms with Crippen molar-refractivity contribution >= 4 is 23.1 Å². The summed E-state index contributed by atoms with van der Waals surface area (Å²) in [4.78, 5) is 10.7. The molecular weight excluding hydrogens is 461 g/mol. The Balaban J connectivity index is 0.000000204. The van der Waals surface area contributed by atoms with Crippen LogP contribution in [0, 0.1) is 0 Å². The predicted molar refractivity (Wildman–Crippen MR) is 131 cm³/mol. The molecule has 1 fully saturated rings. The van der Waals surface area contributed by atoms with Gasteiger partial charge in [-0.25, -0.2) is 0 Å². The van der Waals surface area contributed by atoms with Crippen LogP contribution in [0.5, 0.6) is 0 Å². The third-order valence-electron chi connectivity index (χ3n) is 5.72. The average molecular weight is 489 g/mol. The molecule has 3 nitrogen and oxygen atoms in total. The van der Waals surface area contributed by atoms with E-state index in [9.17, 15) is 18.0 Å². The van der Waals surface area contributed by atoms with Crippen molar-refractivity contribution in [1.82, 2.24) is 5.32 Å². The number of primary amides is 1. The fourth-order valence-electron chi connectivity index (χ4n) is 4.00. The van der Waals surface area contributed by atoms with Crippen LogP contribution in [0.25, 0.3) is 5.57 Å². The molecule has 1 unspecified atom stereocenters. The summed E-state index contributed by atoms with van der Waals surface area (Å²) in [6.07, 6.45) is 10.9. The third kappa shape index (κ3) is 7.34. The van der Waals surface area contributed by atoms with E-state index in [1.165, 1.54) is 42.5 Å². The first-order valence-electron chi connectivity index (χ1n) is 11.3. The number of nitrogens with two attached hydrogens (primary N) is 1. The van der Waals surface area contributed by atoms with Crippen molar-refractivity contribution in [3.63, 3.8) is 0 Å². The fourth-order valence-corrected chi connectivity index (χ4v) is 4.33. The normalized spacial score (nSPS) is 18.2. The van der Waals surface area contributed by atoms with Crippen molar-refractivity contribution in [1.29, 1.82) is 0 Å². The van der Waals surface area contributed by atoms with Crippen molar-refractivity contribution in [2.75, 3.05) is 6.54 Å². The lowest BCUT2D eigenvalue weighted by atomic mass is 9.95. The maximum absolute atomic E-state index is 12.3. The van der Waals surface area contributed by atoms with Crippen LogP contribution in [0.1, 0.15) is 53.6 Å². The summed E-state index contributed by atoms with van der Waals surface area (Å²) in [5, 5.41) is 2.99. The molecule has 1 amide bonds. The summed E-state index contributed by atoms with van der Waals surface area (Å²) >= 11 is 5.37. The smallest absolute Gasteiger partial charge is 0.366 e. The highest BCUT2D eigenvalue weighted by atomic mass is 35.5. The van der Waals surface area contributed by atoms with Gasteiger partial charge in [0.15, 0.2) is 0 Å². The second-order valence-corrected chi connectivity index (χ2v) is 8.64. The largest absolute Gasteiger partial charge is 0.417 e. The van der Waals surface area contributed by atoms with Gasteiger partial charge in [-0.3, -0.25) is 4.79 Å². The summed E-state index contributed by atoms with van der Waals surface area (Å²) in [6.45, 7) is 1.18. The van der Waals surface area contributed by atoms with Gasteiger partial charge in [0.25, 0.3) is 0 Å². The maximum Gasteiger partial charge on any atom is 0.417 e. The van der Waals surface area contributed by atoms with E-state index in [2.05, 4.69) is 60.0 Å². The molecule has 2 aromatic carbocycles. The highest BCUT2D eigenvalue weighted by Crippen LogP contribution is 2.36. The minimum absolute atomic E-state index is 0.332. The van der Waals surface area contributed by atoms with Gasteiger partial charge in [0.05, 0.1) is 16.1 Å². The quantitative estimate of drug-likeness (QED) is 0.489. The van der Waals surface area contributed by atoms with E-state index in [1.54, 1.807) is 0 Å². The van der Waals surface area contributed by atoms with Crippen molar-refractivity contribution in [3.8, 4) is 0 Å². The molecule has 1 heterocycles. The third-order valence-corrected chi connectivity index (χ3v) is 6.13. The minimum atomic E-state index is -4.58. The standard InChI is InChI=1S/C19H23N.C8H5ClF3NO/c1-2-9-17(10-3-1)18-11-5-4-8-16(14-18)15-19-12-6-7-13-20-19;9-6-4(7(13)14)2-1-3-5(6)8(10,11)12/h1-4,8-11,14,19-20H,5-7,12-13,15H2;1-3H,(H2,13,14). The van der Waals surface area contributed by atoms with Crippen molar-refractivity contribution < 1.29 is 18.0 Å². The number of hydrogen-bond acceptors (Lipinski definition) is 2. The second kappa shape index (κ2) is 12.0. The zero-order chi connectivity index (χ0) is 24.6. The molecule has 2 aromatic rings. The highest BCUT2D eigenvalue weighted by Gasteiger charge is 2.34. The van der Waals surface area contributed by atoms with E-state index in [0.29, 0.717) is 6.04 Å². The van der Waals surface area contributed by atoms with E-state index in [0.717, 1.165) is 31.0 Å². The molecule has 34 heavy (non-hydrogen) atoms. The van der Waals surface area contributed by atoms with Crippen molar-refractivity contribution in [3.05, 3.63) is 100 Å². The number of amides is 1. The monoisotopic (exact) mass is 488 g/mol. The Morgan fingerprint density at radius 3 is 2.50 bits per heavy atom. The number of benzene rings is 2. The van der Waals surface area contributed by atoms with Gasteiger partial charge in [0, 0.05) is 6.04 Å². The van der Waals surface area contributed by atoms with Gasteiger partial charge < -0.3 is 11.1 Å². The van der Waals surface area contributed by atoms with Gasteiger partial charge in [-0.1, -0.05) is 78.7 Å². The fraction of sp³-hybridized carbons (Fsp3) is 0.296. The van der Waals surface area contributed by atoms with Crippen LogP contribution < -0.4 is 11.1 Å². The summed E-state index contributed by atoms with van der Waals surface area (Å²) in [5.41, 5.74) is 7.59. The van der Waals surface area contributed by atoms with E-state index in [1.807, 2.05) is 0 Å². The topological polar surface area (TPSA) is 55.1 Å². The Morgan fingerprint density at radius 1 is 1.09 bits per heavy atom. The summed E-state index contributed by atoms with van der Waals surface area (Å²) in [6, 6.07) is 14.4. The Bertz CT molecular complexity index is 1070. The molecule has 0 spiro atoms. The maximum atomic E-state index is 12.3. The molecule has 1 aliphatic carbocycles. The first-order valence-corrected chi connectivity index (χ1v) is 11.6. The predicted octanol–water partition coefficient (Wildman–Crippen LogP) is 6.95. The Labute approximate surface area is 203 Å². The Kier molecular flexibility index (Phi) is 9.13. The minimum Gasteiger partial charge on any atom is -0.366 e. The number of piperidine rings is 1. The molecular formula is C27H28ClF3N2O. The molecule has 0 bridgehead atoms. The molecule has 2 aliphatic rings. The average Bonchev–Trinajstić information content (AvgIpc) is 3.05. The van der Waals surface area contributed by atoms with Crippen LogP contribution in [0.3, 0.4) is 0 Å². The number of carbonyl (C=O) groups excluding carboxylic acids is 1. The van der Waals surface area contributed by atoms with Gasteiger partial charge >= 0.3 is 6.18 Å². The molecule has 3 N–H and O–H groups in total. The van der Waals surface area contributed by atoms with Gasteiger partial charge in [-0.2, -0.15) is 13.2 Å². The van der Waals surface area contributed by atoms with Gasteiger partial charge in [-0.15, -0.1) is 0 Å². The summed E-state index contributed by atoms with van der Waals surface area (Å²) in [5.74, 6) is -0.985. The first-order chi connectivity index (χ1) is 16.3. The van der Waals surface area contributed by atoms with E-state index in [4.69, 9.17) is 17.3 Å². The lowest BCUT2D eigenvalue weighted by Gasteiger charge is -2.23. The molecule has 0 saturated carbocycles. The van der Waals surface area contributed by atoms with Crippen LogP contribution in [0.15, 0.2) is 78.4 Å². The lowest BCUT2D eigenvalue weighted by Crippen LogP contribution is -2.34. The number of halogens is 4. The lowest BCUT2D eigenvalue weighted by molar-refractivity contribution is -0.137. The number of rotatable bonds is 4. The zero-order valence-corrected chi connectivity index (χ0v) is 19.5. The van der Waals surface area contributed by atoms with Gasteiger partial charge in [-0.05, 0) is 61.1 Å². The molecule has 0 aromatic heterocycles. The van der Waals surface area contributed by atoms with E-state index in [-0.39, 0.29) is 5.56 Å². The molecule has 1 atom stereocenters. The zero-order valence-electron chi connectivity index (χ0n) is 18.7. The molecule has 7 heteroatoms. The molecule has 180 valence electrons. The summed E-state index contributed by atoms with van der Waals surface area (Å²) < 4.78 is 36.8. The number of hydrogen-bond donors (Lipinski definition) is 2.